The molecule has 0 bridgehead atoms. The smallest absolute Gasteiger partial charge is 0.276 e. The quantitative estimate of drug-likeness (QED) is 0.398. The number of non-ortho nitro benzene ring substituents is 1. The van der Waals surface area contributed by atoms with Crippen molar-refractivity contribution in [2.24, 2.45) is 5.10 Å². The maximum atomic E-state index is 12.2. The lowest BCUT2D eigenvalue weighted by Gasteiger charge is -2.11. The van der Waals surface area contributed by atoms with Gasteiger partial charge in [-0.15, -0.1) is 0 Å². The number of hydrogen-bond donors (Lipinski definition) is 1. The number of benzene rings is 2. The fourth-order valence-corrected chi connectivity index (χ4v) is 3.32. The molecular formula is C15H14BrN3O6S. The van der Waals surface area contributed by atoms with Crippen LogP contribution in [0.2, 0.25) is 0 Å². The van der Waals surface area contributed by atoms with Crippen molar-refractivity contribution in [3.63, 3.8) is 0 Å². The highest BCUT2D eigenvalue weighted by Gasteiger charge is 2.17. The maximum absolute atomic E-state index is 12.2. The summed E-state index contributed by atoms with van der Waals surface area (Å²) in [5.41, 5.74) is 0.121. The van der Waals surface area contributed by atoms with Gasteiger partial charge in [0.25, 0.3) is 15.7 Å². The predicted octanol–water partition coefficient (Wildman–Crippen LogP) is 2.69. The summed E-state index contributed by atoms with van der Waals surface area (Å²) in [6.07, 6.45) is 1.24. The van der Waals surface area contributed by atoms with E-state index < -0.39 is 14.9 Å². The average molecular weight is 444 g/mol. The molecule has 2 aromatic carbocycles. The average Bonchev–Trinajstić information content (AvgIpc) is 2.61. The van der Waals surface area contributed by atoms with Crippen LogP contribution in [-0.4, -0.2) is 33.8 Å². The third kappa shape index (κ3) is 4.49. The zero-order valence-electron chi connectivity index (χ0n) is 13.7. The number of rotatable bonds is 7. The van der Waals surface area contributed by atoms with Crippen LogP contribution in [0.5, 0.6) is 11.5 Å². The van der Waals surface area contributed by atoms with Crippen LogP contribution in [0.15, 0.2) is 50.9 Å². The van der Waals surface area contributed by atoms with Crippen molar-refractivity contribution in [1.29, 1.82) is 0 Å². The first-order valence-corrected chi connectivity index (χ1v) is 9.27. The lowest BCUT2D eigenvalue weighted by atomic mass is 10.2. The monoisotopic (exact) mass is 443 g/mol. The van der Waals surface area contributed by atoms with Crippen LogP contribution in [0.4, 0.5) is 5.69 Å². The summed E-state index contributed by atoms with van der Waals surface area (Å²) in [6.45, 7) is 0. The van der Waals surface area contributed by atoms with Crippen molar-refractivity contribution in [3.8, 4) is 11.5 Å². The molecule has 0 spiro atoms. The van der Waals surface area contributed by atoms with Gasteiger partial charge < -0.3 is 9.47 Å². The van der Waals surface area contributed by atoms with Crippen molar-refractivity contribution in [1.82, 2.24) is 4.83 Å². The Morgan fingerprint density at radius 1 is 1.23 bits per heavy atom. The summed E-state index contributed by atoms with van der Waals surface area (Å²) in [4.78, 5) is 11.8. The Kier molecular flexibility index (Phi) is 6.16. The van der Waals surface area contributed by atoms with Gasteiger partial charge in [0.05, 0.1) is 30.3 Å². The molecule has 2 aromatic rings. The molecule has 0 aromatic heterocycles. The molecule has 0 heterocycles. The third-order valence-electron chi connectivity index (χ3n) is 3.19. The molecule has 138 valence electrons. The van der Waals surface area contributed by atoms with Crippen molar-refractivity contribution in [2.75, 3.05) is 14.2 Å². The molecule has 0 radical (unpaired) electrons. The van der Waals surface area contributed by atoms with E-state index >= 15 is 0 Å². The molecule has 2 rings (SSSR count). The summed E-state index contributed by atoms with van der Waals surface area (Å²) in [7, 11) is -1.16. The van der Waals surface area contributed by atoms with Gasteiger partial charge in [-0.3, -0.25) is 10.1 Å². The molecule has 26 heavy (non-hydrogen) atoms. The zero-order valence-corrected chi connectivity index (χ0v) is 16.1. The van der Waals surface area contributed by atoms with Crippen molar-refractivity contribution in [2.45, 2.75) is 4.90 Å². The molecule has 0 atom stereocenters. The van der Waals surface area contributed by atoms with E-state index in [9.17, 15) is 18.5 Å². The first-order valence-electron chi connectivity index (χ1n) is 6.99. The molecule has 0 unspecified atom stereocenters. The first kappa shape index (κ1) is 19.7. The van der Waals surface area contributed by atoms with Crippen molar-refractivity contribution >= 4 is 37.9 Å². The summed E-state index contributed by atoms with van der Waals surface area (Å²) in [6, 6.07) is 7.99. The third-order valence-corrected chi connectivity index (χ3v) is 4.87. The number of halogens is 1. The lowest BCUT2D eigenvalue weighted by molar-refractivity contribution is -0.385. The summed E-state index contributed by atoms with van der Waals surface area (Å²) < 4.78 is 35.6. The molecular weight excluding hydrogens is 430 g/mol. The van der Waals surface area contributed by atoms with Crippen LogP contribution in [0.3, 0.4) is 0 Å². The predicted molar refractivity (Wildman–Crippen MR) is 98.3 cm³/mol. The van der Waals surface area contributed by atoms with Crippen LogP contribution in [-0.2, 0) is 10.0 Å². The zero-order chi connectivity index (χ0) is 19.3. The molecule has 1 N–H and O–H groups in total. The molecule has 0 saturated heterocycles. The van der Waals surface area contributed by atoms with E-state index in [4.69, 9.17) is 9.47 Å². The second-order valence-electron chi connectivity index (χ2n) is 4.84. The molecule has 0 aliphatic rings. The van der Waals surface area contributed by atoms with E-state index in [1.807, 2.05) is 4.83 Å². The summed E-state index contributed by atoms with van der Waals surface area (Å²) >= 11 is 3.31. The van der Waals surface area contributed by atoms with Gasteiger partial charge >= 0.3 is 0 Å². The fraction of sp³-hybridized carbons (Fsp3) is 0.133. The van der Waals surface area contributed by atoms with Gasteiger partial charge in [-0.05, 0) is 18.2 Å². The number of hydrogen-bond acceptors (Lipinski definition) is 7. The van der Waals surface area contributed by atoms with Crippen LogP contribution in [0.25, 0.3) is 0 Å². The SMILES string of the molecule is COc1cc(Br)cc(/C=N/NS(=O)(=O)c2cccc([N+](=O)[O-])c2)c1OC. The number of ether oxygens (including phenoxy) is 2. The summed E-state index contributed by atoms with van der Waals surface area (Å²) in [5.74, 6) is 0.805. The van der Waals surface area contributed by atoms with Gasteiger partial charge in [0.1, 0.15) is 0 Å². The van der Waals surface area contributed by atoms with Gasteiger partial charge in [-0.1, -0.05) is 22.0 Å². The maximum Gasteiger partial charge on any atom is 0.276 e. The largest absolute Gasteiger partial charge is 0.493 e. The normalized spacial score (nSPS) is 11.3. The molecule has 0 saturated carbocycles. The Labute approximate surface area is 158 Å². The Balaban J connectivity index is 2.29. The summed E-state index contributed by atoms with van der Waals surface area (Å²) in [5, 5.41) is 14.5. The van der Waals surface area contributed by atoms with Gasteiger partial charge in [0.2, 0.25) is 0 Å². The highest BCUT2D eigenvalue weighted by Crippen LogP contribution is 2.33. The Hall–Kier alpha value is -2.66. The minimum Gasteiger partial charge on any atom is -0.493 e. The lowest BCUT2D eigenvalue weighted by Crippen LogP contribution is -2.18. The van der Waals surface area contributed by atoms with Crippen LogP contribution < -0.4 is 14.3 Å². The first-order chi connectivity index (χ1) is 12.3. The van der Waals surface area contributed by atoms with Crippen molar-refractivity contribution in [3.05, 3.63) is 56.5 Å². The Bertz CT molecular complexity index is 962. The van der Waals surface area contributed by atoms with E-state index in [0.29, 0.717) is 21.5 Å². The van der Waals surface area contributed by atoms with Gasteiger partial charge in [0, 0.05) is 22.2 Å². The standard InChI is InChI=1S/C15H14BrN3O6S/c1-24-14-7-11(16)6-10(15(14)25-2)9-17-18-26(22,23)13-5-3-4-12(8-13)19(20)21/h3-9,18H,1-2H3/b17-9+. The fourth-order valence-electron chi connectivity index (χ4n) is 2.04. The molecule has 0 aliphatic heterocycles. The van der Waals surface area contributed by atoms with E-state index in [1.54, 1.807) is 12.1 Å². The van der Waals surface area contributed by atoms with Crippen LogP contribution in [0.1, 0.15) is 5.56 Å². The number of nitro benzene ring substituents is 1. The van der Waals surface area contributed by atoms with Gasteiger partial charge in [-0.25, -0.2) is 4.83 Å². The molecule has 0 amide bonds. The topological polar surface area (TPSA) is 120 Å². The molecule has 9 nitrogen and oxygen atoms in total. The molecule has 0 aliphatic carbocycles. The number of methoxy groups -OCH3 is 2. The van der Waals surface area contributed by atoms with E-state index in [2.05, 4.69) is 21.0 Å². The Morgan fingerprint density at radius 2 is 1.96 bits per heavy atom. The number of sulfonamides is 1. The van der Waals surface area contributed by atoms with Gasteiger partial charge in [-0.2, -0.15) is 13.5 Å². The second-order valence-corrected chi connectivity index (χ2v) is 7.41. The van der Waals surface area contributed by atoms with E-state index in [0.717, 1.165) is 6.07 Å². The van der Waals surface area contributed by atoms with E-state index in [1.165, 1.54) is 38.6 Å². The molecule has 0 fully saturated rings. The molecule has 11 heteroatoms. The highest BCUT2D eigenvalue weighted by atomic mass is 79.9. The number of nitrogens with one attached hydrogen (secondary N) is 1. The number of hydrazone groups is 1. The van der Waals surface area contributed by atoms with E-state index in [-0.39, 0.29) is 10.6 Å². The number of nitro groups is 1. The minimum absolute atomic E-state index is 0.275. The number of nitrogens with zero attached hydrogens (tertiary/aromatic N) is 2. The van der Waals surface area contributed by atoms with Crippen molar-refractivity contribution < 1.29 is 22.8 Å². The highest BCUT2D eigenvalue weighted by molar-refractivity contribution is 9.10. The Morgan fingerprint density at radius 3 is 2.58 bits per heavy atom. The second kappa shape index (κ2) is 8.15. The minimum atomic E-state index is -4.07. The van der Waals surface area contributed by atoms with Crippen LogP contribution in [0, 0.1) is 10.1 Å². The van der Waals surface area contributed by atoms with Gasteiger partial charge in [0.15, 0.2) is 11.5 Å². The van der Waals surface area contributed by atoms with Crippen LogP contribution >= 0.6 is 15.9 Å².